The van der Waals surface area contributed by atoms with Gasteiger partial charge in [0.15, 0.2) is 0 Å². The second-order valence-electron chi connectivity index (χ2n) is 15.1. The minimum Gasteiger partial charge on any atom is -0.393 e. The van der Waals surface area contributed by atoms with Crippen LogP contribution in [0.4, 0.5) is 0 Å². The fourth-order valence-corrected chi connectivity index (χ4v) is 11.4. The molecule has 194 valence electrons. The van der Waals surface area contributed by atoms with Gasteiger partial charge in [0.25, 0.3) is 0 Å². The number of aliphatic hydroxyl groups excluding tert-OH is 4. The van der Waals surface area contributed by atoms with E-state index in [0.717, 1.165) is 25.7 Å². The molecule has 5 aliphatic carbocycles. The molecule has 0 saturated heterocycles. The largest absolute Gasteiger partial charge is 0.393 e. The maximum atomic E-state index is 11.8. The van der Waals surface area contributed by atoms with E-state index in [-0.39, 0.29) is 45.5 Å². The first-order valence-corrected chi connectivity index (χ1v) is 14.0. The van der Waals surface area contributed by atoms with E-state index in [9.17, 15) is 20.4 Å². The highest BCUT2D eigenvalue weighted by atomic mass is 16.3. The monoisotopic (exact) mass is 474 g/mol. The van der Waals surface area contributed by atoms with E-state index < -0.39 is 23.7 Å². The summed E-state index contributed by atoms with van der Waals surface area (Å²) in [6.45, 7) is 18.3. The lowest BCUT2D eigenvalue weighted by molar-refractivity contribution is -0.215. The molecule has 0 aliphatic heterocycles. The Hall–Kier alpha value is -0.420. The SMILES string of the molecule is CC(C)[C@@H]1C[C@@H](O)[C@H]2[C@@]1(C)CC[C@@]1(C)[C@H]3C(=CC[C@]21C)[C@@]1(C)C[C@@H](O)[C@H](O)C(C)(C)[C@@H]1C[C@@H]3O. The van der Waals surface area contributed by atoms with E-state index in [1.54, 1.807) is 0 Å². The van der Waals surface area contributed by atoms with Crippen molar-refractivity contribution in [1.29, 1.82) is 0 Å². The van der Waals surface area contributed by atoms with Crippen LogP contribution in [0.1, 0.15) is 93.9 Å². The summed E-state index contributed by atoms with van der Waals surface area (Å²) in [5.41, 5.74) is 0.582. The summed E-state index contributed by atoms with van der Waals surface area (Å²) >= 11 is 0. The lowest BCUT2D eigenvalue weighted by Crippen LogP contribution is -2.67. The van der Waals surface area contributed by atoms with E-state index in [1.807, 2.05) is 0 Å². The quantitative estimate of drug-likeness (QED) is 0.406. The third-order valence-corrected chi connectivity index (χ3v) is 13.1. The number of hydrogen-bond donors (Lipinski definition) is 4. The summed E-state index contributed by atoms with van der Waals surface area (Å²) in [4.78, 5) is 0. The Morgan fingerprint density at radius 1 is 0.824 bits per heavy atom. The van der Waals surface area contributed by atoms with Gasteiger partial charge in [0.1, 0.15) is 0 Å². The molecule has 0 amide bonds. The average molecular weight is 475 g/mol. The van der Waals surface area contributed by atoms with Crippen molar-refractivity contribution in [1.82, 2.24) is 0 Å². The van der Waals surface area contributed by atoms with Crippen LogP contribution in [0.3, 0.4) is 0 Å². The lowest BCUT2D eigenvalue weighted by atomic mass is 9.35. The van der Waals surface area contributed by atoms with Gasteiger partial charge in [0.2, 0.25) is 0 Å². The van der Waals surface area contributed by atoms with E-state index in [2.05, 4.69) is 61.5 Å². The van der Waals surface area contributed by atoms with Crippen LogP contribution in [0.15, 0.2) is 11.6 Å². The Labute approximate surface area is 207 Å². The van der Waals surface area contributed by atoms with Crippen LogP contribution in [0.5, 0.6) is 0 Å². The number of rotatable bonds is 1. The standard InChI is InChI=1S/C30H50O4/c1-16(2)18-13-20(32)24-27(18,5)11-12-29(7)23-17(9-10-30(24,29)8)28(6)15-21(33)25(34)26(3,4)22(28)14-19(23)31/h9,16,18-25,31-34H,10-15H2,1-8H3/t18-,19-,20+,21+,22-,23-,24-,25-,27-,28+,29-,30+/m0/s1. The molecule has 0 aromatic heterocycles. The second kappa shape index (κ2) is 7.33. The van der Waals surface area contributed by atoms with Crippen molar-refractivity contribution >= 4 is 0 Å². The molecule has 4 heteroatoms. The molecule has 0 aromatic rings. The normalized spacial score (nSPS) is 58.4. The molecule has 0 bridgehead atoms. The first-order valence-electron chi connectivity index (χ1n) is 14.0. The van der Waals surface area contributed by atoms with Crippen molar-refractivity contribution < 1.29 is 20.4 Å². The minimum atomic E-state index is -0.767. The maximum Gasteiger partial charge on any atom is 0.0853 e. The van der Waals surface area contributed by atoms with Crippen molar-refractivity contribution in [2.75, 3.05) is 0 Å². The topological polar surface area (TPSA) is 80.9 Å². The molecule has 4 fully saturated rings. The summed E-state index contributed by atoms with van der Waals surface area (Å²) < 4.78 is 0. The zero-order valence-corrected chi connectivity index (χ0v) is 22.8. The highest BCUT2D eigenvalue weighted by Gasteiger charge is 2.72. The predicted molar refractivity (Wildman–Crippen MR) is 135 cm³/mol. The van der Waals surface area contributed by atoms with Crippen LogP contribution in [-0.2, 0) is 0 Å². The average Bonchev–Trinajstić information content (AvgIpc) is 3.01. The highest BCUT2D eigenvalue weighted by Crippen LogP contribution is 2.76. The summed E-state index contributed by atoms with van der Waals surface area (Å²) in [6, 6.07) is 0. The Balaban J connectivity index is 1.62. The first-order chi connectivity index (χ1) is 15.6. The third kappa shape index (κ3) is 2.81. The van der Waals surface area contributed by atoms with Crippen molar-refractivity contribution in [3.05, 3.63) is 11.6 Å². The van der Waals surface area contributed by atoms with E-state index in [0.29, 0.717) is 24.7 Å². The van der Waals surface area contributed by atoms with Gasteiger partial charge in [-0.3, -0.25) is 0 Å². The van der Waals surface area contributed by atoms with E-state index in [1.165, 1.54) is 5.57 Å². The lowest BCUT2D eigenvalue weighted by Gasteiger charge is -2.70. The molecule has 4 N–H and O–H groups in total. The molecule has 4 nitrogen and oxygen atoms in total. The van der Waals surface area contributed by atoms with Crippen molar-refractivity contribution in [3.63, 3.8) is 0 Å². The van der Waals surface area contributed by atoms with E-state index >= 15 is 0 Å². The third-order valence-electron chi connectivity index (χ3n) is 13.1. The maximum absolute atomic E-state index is 11.8. The van der Waals surface area contributed by atoms with Crippen LogP contribution in [0.2, 0.25) is 0 Å². The predicted octanol–water partition coefficient (Wildman–Crippen LogP) is 4.94. The number of fused-ring (bicyclic) bond motifs is 7. The summed E-state index contributed by atoms with van der Waals surface area (Å²) in [5, 5.41) is 45.1. The van der Waals surface area contributed by atoms with Crippen molar-refractivity contribution in [2.45, 2.75) is 118 Å². The molecular weight excluding hydrogens is 424 g/mol. The molecule has 0 aromatic carbocycles. The van der Waals surface area contributed by atoms with Gasteiger partial charge in [-0.2, -0.15) is 0 Å². The fourth-order valence-electron chi connectivity index (χ4n) is 11.4. The van der Waals surface area contributed by atoms with Crippen LogP contribution in [0.25, 0.3) is 0 Å². The number of aliphatic hydroxyl groups is 4. The fraction of sp³-hybridized carbons (Fsp3) is 0.933. The summed E-state index contributed by atoms with van der Waals surface area (Å²) in [6.07, 6.45) is 5.38. The molecule has 0 radical (unpaired) electrons. The molecule has 0 spiro atoms. The molecule has 5 rings (SSSR count). The smallest absolute Gasteiger partial charge is 0.0853 e. The highest BCUT2D eigenvalue weighted by molar-refractivity contribution is 5.35. The number of allylic oxidation sites excluding steroid dienone is 1. The van der Waals surface area contributed by atoms with Gasteiger partial charge in [-0.25, -0.2) is 0 Å². The molecule has 0 heterocycles. The van der Waals surface area contributed by atoms with Crippen LogP contribution in [0, 0.1) is 56.7 Å². The van der Waals surface area contributed by atoms with Gasteiger partial charge in [-0.05, 0) is 89.3 Å². The van der Waals surface area contributed by atoms with Gasteiger partial charge >= 0.3 is 0 Å². The van der Waals surface area contributed by atoms with Gasteiger partial charge in [-0.1, -0.05) is 67.0 Å². The van der Waals surface area contributed by atoms with Crippen molar-refractivity contribution in [3.8, 4) is 0 Å². The van der Waals surface area contributed by atoms with Gasteiger partial charge in [0, 0.05) is 5.92 Å². The molecule has 5 aliphatic rings. The van der Waals surface area contributed by atoms with Crippen LogP contribution in [-0.4, -0.2) is 44.8 Å². The zero-order valence-electron chi connectivity index (χ0n) is 22.8. The minimum absolute atomic E-state index is 0.0422. The summed E-state index contributed by atoms with van der Waals surface area (Å²) in [7, 11) is 0. The molecule has 0 unspecified atom stereocenters. The summed E-state index contributed by atoms with van der Waals surface area (Å²) in [5.74, 6) is 1.50. The molecule has 34 heavy (non-hydrogen) atoms. The number of hydrogen-bond acceptors (Lipinski definition) is 4. The Morgan fingerprint density at radius 2 is 1.47 bits per heavy atom. The zero-order chi connectivity index (χ0) is 25.2. The van der Waals surface area contributed by atoms with Crippen LogP contribution < -0.4 is 0 Å². The Kier molecular flexibility index (Phi) is 5.44. The Morgan fingerprint density at radius 3 is 2.09 bits per heavy atom. The van der Waals surface area contributed by atoms with Crippen molar-refractivity contribution in [2.24, 2.45) is 56.7 Å². The first kappa shape index (κ1) is 25.2. The molecule has 4 saturated carbocycles. The second-order valence-corrected chi connectivity index (χ2v) is 15.1. The molecule has 12 atom stereocenters. The molecular formula is C30H50O4. The van der Waals surface area contributed by atoms with Crippen LogP contribution >= 0.6 is 0 Å². The van der Waals surface area contributed by atoms with Gasteiger partial charge in [-0.15, -0.1) is 0 Å². The Bertz CT molecular complexity index is 879. The van der Waals surface area contributed by atoms with Gasteiger partial charge in [0.05, 0.1) is 24.4 Å². The van der Waals surface area contributed by atoms with Gasteiger partial charge < -0.3 is 20.4 Å². The van der Waals surface area contributed by atoms with E-state index in [4.69, 9.17) is 0 Å².